The number of benzene rings is 2. The zero-order valence-electron chi connectivity index (χ0n) is 12.7. The van der Waals surface area contributed by atoms with Crippen LogP contribution in [0.3, 0.4) is 0 Å². The van der Waals surface area contributed by atoms with Gasteiger partial charge in [-0.15, -0.1) is 0 Å². The van der Waals surface area contributed by atoms with E-state index in [-0.39, 0.29) is 12.5 Å². The third-order valence-electron chi connectivity index (χ3n) is 3.00. The number of aryl methyl sites for hydroxylation is 1. The summed E-state index contributed by atoms with van der Waals surface area (Å²) < 4.78 is 5.39. The number of carboxylic acids is 1. The number of nitrogens with one attached hydrogen (secondary N) is 1. The molecule has 2 aromatic rings. The number of carbonyl (C=O) groups is 2. The first-order valence-electron chi connectivity index (χ1n) is 7.03. The highest BCUT2D eigenvalue weighted by atomic mass is 16.5. The molecule has 0 unspecified atom stereocenters. The lowest BCUT2D eigenvalue weighted by Gasteiger charge is -2.08. The van der Waals surface area contributed by atoms with E-state index in [1.165, 1.54) is 6.08 Å². The van der Waals surface area contributed by atoms with Crippen molar-refractivity contribution < 1.29 is 19.4 Å². The number of amides is 1. The molecule has 118 valence electrons. The molecule has 0 bridgehead atoms. The molecular formula is C18H17NO4. The Balaban J connectivity index is 1.84. The Bertz CT molecular complexity index is 703. The van der Waals surface area contributed by atoms with Crippen LogP contribution in [0.2, 0.25) is 0 Å². The first kappa shape index (κ1) is 16.3. The molecule has 0 spiro atoms. The summed E-state index contributed by atoms with van der Waals surface area (Å²) in [6.45, 7) is 1.88. The number of ether oxygens (including phenoxy) is 1. The van der Waals surface area contributed by atoms with Crippen LogP contribution in [0.25, 0.3) is 6.08 Å². The number of carbonyl (C=O) groups excluding carboxylic acids is 1. The third-order valence-corrected chi connectivity index (χ3v) is 3.00. The monoisotopic (exact) mass is 311 g/mol. The van der Waals surface area contributed by atoms with E-state index in [0.29, 0.717) is 5.75 Å². The Morgan fingerprint density at radius 1 is 1.09 bits per heavy atom. The summed E-state index contributed by atoms with van der Waals surface area (Å²) in [5, 5.41) is 11.3. The van der Waals surface area contributed by atoms with E-state index >= 15 is 0 Å². The number of aliphatic carboxylic acids is 1. The van der Waals surface area contributed by atoms with Crippen molar-refractivity contribution in [1.82, 2.24) is 0 Å². The smallest absolute Gasteiger partial charge is 0.328 e. The highest BCUT2D eigenvalue weighted by Gasteiger charge is 2.03. The van der Waals surface area contributed by atoms with Crippen molar-refractivity contribution in [3.8, 4) is 5.75 Å². The van der Waals surface area contributed by atoms with E-state index in [4.69, 9.17) is 9.84 Å². The topological polar surface area (TPSA) is 75.6 Å². The van der Waals surface area contributed by atoms with Crippen molar-refractivity contribution in [2.75, 3.05) is 11.9 Å². The van der Waals surface area contributed by atoms with E-state index in [1.807, 2.05) is 31.2 Å². The minimum Gasteiger partial charge on any atom is -0.484 e. The SMILES string of the molecule is Cc1ccc(NC(=O)COc2ccc(/C=C/C(=O)O)cc2)cc1. The molecule has 23 heavy (non-hydrogen) atoms. The molecular weight excluding hydrogens is 294 g/mol. The first-order chi connectivity index (χ1) is 11.0. The average molecular weight is 311 g/mol. The van der Waals surface area contributed by atoms with Gasteiger partial charge in [0.25, 0.3) is 5.91 Å². The maximum atomic E-state index is 11.8. The van der Waals surface area contributed by atoms with E-state index in [2.05, 4.69) is 5.32 Å². The predicted octanol–water partition coefficient (Wildman–Crippen LogP) is 3.11. The molecule has 0 radical (unpaired) electrons. The van der Waals surface area contributed by atoms with Gasteiger partial charge in [-0.2, -0.15) is 0 Å². The van der Waals surface area contributed by atoms with Gasteiger partial charge in [0, 0.05) is 11.8 Å². The number of anilines is 1. The summed E-state index contributed by atoms with van der Waals surface area (Å²) >= 11 is 0. The molecule has 0 saturated carbocycles. The van der Waals surface area contributed by atoms with Crippen LogP contribution in [0.1, 0.15) is 11.1 Å². The van der Waals surface area contributed by atoms with Crippen LogP contribution < -0.4 is 10.1 Å². The molecule has 2 rings (SSSR count). The number of hydrogen-bond donors (Lipinski definition) is 2. The molecule has 0 aromatic heterocycles. The van der Waals surface area contributed by atoms with E-state index in [0.717, 1.165) is 22.9 Å². The van der Waals surface area contributed by atoms with Gasteiger partial charge in [0.05, 0.1) is 0 Å². The summed E-state index contributed by atoms with van der Waals surface area (Å²) in [6, 6.07) is 14.3. The standard InChI is InChI=1S/C18H17NO4/c1-13-2-7-15(8-3-13)19-17(20)12-23-16-9-4-14(5-10-16)6-11-18(21)22/h2-11H,12H2,1H3,(H,19,20)(H,21,22)/b11-6+. The maximum absolute atomic E-state index is 11.8. The lowest BCUT2D eigenvalue weighted by atomic mass is 10.2. The molecule has 1 amide bonds. The Morgan fingerprint density at radius 3 is 2.35 bits per heavy atom. The summed E-state index contributed by atoms with van der Waals surface area (Å²) in [4.78, 5) is 22.2. The number of carboxylic acid groups (broad SMARTS) is 1. The normalized spacial score (nSPS) is 10.5. The van der Waals surface area contributed by atoms with Crippen LogP contribution in [0, 0.1) is 6.92 Å². The van der Waals surface area contributed by atoms with Crippen LogP contribution in [0.5, 0.6) is 5.75 Å². The van der Waals surface area contributed by atoms with Gasteiger partial charge >= 0.3 is 5.97 Å². The fourth-order valence-corrected chi connectivity index (χ4v) is 1.83. The molecule has 5 heteroatoms. The molecule has 0 aliphatic rings. The van der Waals surface area contributed by atoms with Crippen molar-refractivity contribution in [2.24, 2.45) is 0 Å². The van der Waals surface area contributed by atoms with Gasteiger partial charge in [-0.1, -0.05) is 29.8 Å². The minimum atomic E-state index is -1.00. The average Bonchev–Trinajstić information content (AvgIpc) is 2.54. The van der Waals surface area contributed by atoms with Gasteiger partial charge in [0.2, 0.25) is 0 Å². The quantitative estimate of drug-likeness (QED) is 0.804. The van der Waals surface area contributed by atoms with Gasteiger partial charge < -0.3 is 15.2 Å². The number of rotatable bonds is 6. The summed E-state index contributed by atoms with van der Waals surface area (Å²) in [6.07, 6.45) is 2.54. The van der Waals surface area contributed by atoms with Crippen molar-refractivity contribution in [3.05, 3.63) is 65.7 Å². The van der Waals surface area contributed by atoms with Crippen molar-refractivity contribution >= 4 is 23.6 Å². The molecule has 0 heterocycles. The molecule has 0 saturated heterocycles. The lowest BCUT2D eigenvalue weighted by molar-refractivity contribution is -0.131. The fraction of sp³-hybridized carbons (Fsp3) is 0.111. The first-order valence-corrected chi connectivity index (χ1v) is 7.03. The van der Waals surface area contributed by atoms with Gasteiger partial charge in [0.1, 0.15) is 5.75 Å². The van der Waals surface area contributed by atoms with Gasteiger partial charge in [-0.25, -0.2) is 4.79 Å². The zero-order chi connectivity index (χ0) is 16.7. The third kappa shape index (κ3) is 5.67. The van der Waals surface area contributed by atoms with Crippen LogP contribution in [0.4, 0.5) is 5.69 Å². The fourth-order valence-electron chi connectivity index (χ4n) is 1.83. The lowest BCUT2D eigenvalue weighted by Crippen LogP contribution is -2.20. The minimum absolute atomic E-state index is 0.0990. The largest absolute Gasteiger partial charge is 0.484 e. The summed E-state index contributed by atoms with van der Waals surface area (Å²) in [7, 11) is 0. The maximum Gasteiger partial charge on any atom is 0.328 e. The van der Waals surface area contributed by atoms with E-state index in [1.54, 1.807) is 24.3 Å². The van der Waals surface area contributed by atoms with Crippen molar-refractivity contribution in [2.45, 2.75) is 6.92 Å². The van der Waals surface area contributed by atoms with Gasteiger partial charge in [0.15, 0.2) is 6.61 Å². The Morgan fingerprint density at radius 2 is 1.74 bits per heavy atom. The Kier molecular flexibility index (Phi) is 5.52. The Hall–Kier alpha value is -3.08. The zero-order valence-corrected chi connectivity index (χ0v) is 12.7. The Labute approximate surface area is 134 Å². The van der Waals surface area contributed by atoms with Crippen LogP contribution in [-0.4, -0.2) is 23.6 Å². The van der Waals surface area contributed by atoms with Crippen LogP contribution in [-0.2, 0) is 9.59 Å². The second kappa shape index (κ2) is 7.79. The van der Waals surface area contributed by atoms with Gasteiger partial charge in [-0.3, -0.25) is 4.79 Å². The van der Waals surface area contributed by atoms with Crippen molar-refractivity contribution in [1.29, 1.82) is 0 Å². The van der Waals surface area contributed by atoms with E-state index in [9.17, 15) is 9.59 Å². The molecule has 5 nitrogen and oxygen atoms in total. The highest BCUT2D eigenvalue weighted by molar-refractivity contribution is 5.91. The molecule has 0 aliphatic heterocycles. The molecule has 0 aliphatic carbocycles. The molecule has 2 N–H and O–H groups in total. The summed E-state index contributed by atoms with van der Waals surface area (Å²) in [5.41, 5.74) is 2.58. The van der Waals surface area contributed by atoms with Crippen molar-refractivity contribution in [3.63, 3.8) is 0 Å². The van der Waals surface area contributed by atoms with Crippen LogP contribution >= 0.6 is 0 Å². The molecule has 2 aromatic carbocycles. The second-order valence-corrected chi connectivity index (χ2v) is 4.94. The number of hydrogen-bond acceptors (Lipinski definition) is 3. The molecule has 0 fully saturated rings. The van der Waals surface area contributed by atoms with E-state index < -0.39 is 5.97 Å². The second-order valence-electron chi connectivity index (χ2n) is 4.94. The highest BCUT2D eigenvalue weighted by Crippen LogP contribution is 2.14. The summed E-state index contributed by atoms with van der Waals surface area (Å²) in [5.74, 6) is -0.710. The van der Waals surface area contributed by atoms with Crippen LogP contribution in [0.15, 0.2) is 54.6 Å². The molecule has 0 atom stereocenters. The van der Waals surface area contributed by atoms with Gasteiger partial charge in [-0.05, 0) is 42.8 Å². The predicted molar refractivity (Wildman–Crippen MR) is 88.4 cm³/mol.